The smallest absolute Gasteiger partial charge is 0.407 e. The lowest BCUT2D eigenvalue weighted by Crippen LogP contribution is -2.44. The number of carbonyl (C=O) groups excluding carboxylic acids is 1. The SMILES string of the molecule is Cc1noc(C)c1-c1ccc2c(c1)nc(CCc1ccc(OCCOCCOCCOCCOCCOCCOCCOCCOCCNC(=O)OC(C)(C)C)c(Cl)c1)n2CC(C)N1CCOCC1. The van der Waals surface area contributed by atoms with E-state index in [2.05, 4.69) is 51.1 Å². The third-order valence-electron chi connectivity index (χ3n) is 10.9. The second-order valence-electron chi connectivity index (χ2n) is 17.5. The van der Waals surface area contributed by atoms with Gasteiger partial charge in [0.15, 0.2) is 0 Å². The van der Waals surface area contributed by atoms with Gasteiger partial charge in [0, 0.05) is 44.2 Å². The van der Waals surface area contributed by atoms with E-state index in [1.165, 1.54) is 0 Å². The highest BCUT2D eigenvalue weighted by molar-refractivity contribution is 6.32. The van der Waals surface area contributed by atoms with E-state index in [0.29, 0.717) is 136 Å². The number of hydrogen-bond acceptors (Lipinski definition) is 16. The fourth-order valence-electron chi connectivity index (χ4n) is 7.49. The number of fused-ring (bicyclic) bond motifs is 1. The molecule has 0 spiro atoms. The Kier molecular flexibility index (Phi) is 25.5. The second kappa shape index (κ2) is 31.4. The third kappa shape index (κ3) is 21.1. The number of carbonyl (C=O) groups is 1. The first-order valence-corrected chi connectivity index (χ1v) is 24.6. The molecule has 0 aliphatic carbocycles. The molecule has 1 fully saturated rings. The number of alkyl carbamates (subject to hydrolysis) is 1. The van der Waals surface area contributed by atoms with Crippen LogP contribution in [0.4, 0.5) is 4.79 Å². The number of ether oxygens (including phenoxy) is 11. The van der Waals surface area contributed by atoms with Crippen molar-refractivity contribution in [2.75, 3.05) is 145 Å². The molecule has 1 saturated heterocycles. The minimum atomic E-state index is -0.520. The van der Waals surface area contributed by atoms with E-state index < -0.39 is 11.7 Å². The highest BCUT2D eigenvalue weighted by Gasteiger charge is 2.22. The highest BCUT2D eigenvalue weighted by atomic mass is 35.5. The molecule has 1 aliphatic rings. The summed E-state index contributed by atoms with van der Waals surface area (Å²) >= 11 is 6.70. The minimum absolute atomic E-state index is 0.330. The molecule has 1 unspecified atom stereocenters. The number of hydrogen-bond donors (Lipinski definition) is 1. The van der Waals surface area contributed by atoms with Crippen LogP contribution in [0.2, 0.25) is 5.02 Å². The lowest BCUT2D eigenvalue weighted by Gasteiger charge is -2.32. The molecular weight excluding hydrogens is 914 g/mol. The fourth-order valence-corrected chi connectivity index (χ4v) is 7.75. The molecule has 0 saturated carbocycles. The van der Waals surface area contributed by atoms with Crippen molar-refractivity contribution in [2.24, 2.45) is 0 Å². The maximum atomic E-state index is 11.6. The average molecular weight is 991 g/mol. The summed E-state index contributed by atoms with van der Waals surface area (Å²) in [6.45, 7) is 23.9. The monoisotopic (exact) mass is 990 g/mol. The Balaban J connectivity index is 0.838. The molecule has 0 bridgehead atoms. The van der Waals surface area contributed by atoms with E-state index in [0.717, 1.165) is 90.7 Å². The zero-order valence-electron chi connectivity index (χ0n) is 41.7. The number of nitrogens with one attached hydrogen (secondary N) is 1. The van der Waals surface area contributed by atoms with Gasteiger partial charge in [-0.2, -0.15) is 0 Å². The van der Waals surface area contributed by atoms with Crippen LogP contribution in [0.25, 0.3) is 22.2 Å². The number of aromatic nitrogens is 3. The number of rotatable bonds is 35. The first kappa shape index (κ1) is 56.0. The van der Waals surface area contributed by atoms with E-state index >= 15 is 0 Å². The van der Waals surface area contributed by atoms with Crippen LogP contribution < -0.4 is 10.1 Å². The predicted octanol–water partition coefficient (Wildman–Crippen LogP) is 6.50. The van der Waals surface area contributed by atoms with E-state index in [1.807, 2.05) is 46.8 Å². The number of aryl methyl sites for hydroxylation is 4. The number of amides is 1. The van der Waals surface area contributed by atoms with Gasteiger partial charge in [-0.25, -0.2) is 9.78 Å². The largest absolute Gasteiger partial charge is 0.490 e. The Morgan fingerprint density at radius 1 is 0.739 bits per heavy atom. The Morgan fingerprint density at radius 2 is 1.29 bits per heavy atom. The van der Waals surface area contributed by atoms with Crippen molar-refractivity contribution in [1.29, 1.82) is 0 Å². The zero-order chi connectivity index (χ0) is 49.1. The first-order valence-electron chi connectivity index (χ1n) is 24.2. The van der Waals surface area contributed by atoms with Crippen LogP contribution in [0.3, 0.4) is 0 Å². The number of nitrogens with zero attached hydrogens (tertiary/aromatic N) is 4. The van der Waals surface area contributed by atoms with Gasteiger partial charge in [-0.05, 0) is 83.4 Å². The summed E-state index contributed by atoms with van der Waals surface area (Å²) in [4.78, 5) is 19.2. The zero-order valence-corrected chi connectivity index (χ0v) is 42.4. The molecule has 1 amide bonds. The van der Waals surface area contributed by atoms with Gasteiger partial charge in [0.25, 0.3) is 0 Å². The van der Waals surface area contributed by atoms with Gasteiger partial charge in [0.2, 0.25) is 0 Å². The average Bonchev–Trinajstić information content (AvgIpc) is 3.85. The number of imidazole rings is 1. The van der Waals surface area contributed by atoms with Crippen molar-refractivity contribution in [2.45, 2.75) is 72.6 Å². The number of halogens is 1. The fraction of sp³-hybridized carbons (Fsp3) is 0.660. The van der Waals surface area contributed by atoms with Crippen molar-refractivity contribution in [3.63, 3.8) is 0 Å². The van der Waals surface area contributed by atoms with E-state index in [4.69, 9.17) is 73.2 Å². The molecule has 4 aromatic rings. The van der Waals surface area contributed by atoms with E-state index in [-0.39, 0.29) is 0 Å². The van der Waals surface area contributed by atoms with Crippen molar-refractivity contribution in [1.82, 2.24) is 24.9 Å². The lowest BCUT2D eigenvalue weighted by atomic mass is 10.0. The standard InChI is InChI=1S/C50H76ClN5O13/c1-38(55-14-17-59-18-15-55)37-56-45-10-9-42(48-39(2)54-69-40(48)3)36-44(45)53-47(56)12-8-41-7-11-46(43(51)35-41)67-34-33-66-32-31-65-30-29-64-28-27-63-26-25-62-24-23-61-22-21-60-20-19-58-16-13-52-49(57)68-50(4,5)6/h7,9-11,35-36,38H,8,12-34,37H2,1-6H3,(H,52,57). The molecular formula is C50H76ClN5O13. The molecule has 1 aliphatic heterocycles. The van der Waals surface area contributed by atoms with Gasteiger partial charge < -0.3 is 66.5 Å². The van der Waals surface area contributed by atoms with Crippen LogP contribution in [0.1, 0.15) is 50.5 Å². The summed E-state index contributed by atoms with van der Waals surface area (Å²) < 4.78 is 68.9. The van der Waals surface area contributed by atoms with Crippen LogP contribution in [0.5, 0.6) is 5.75 Å². The highest BCUT2D eigenvalue weighted by Crippen LogP contribution is 2.31. The molecule has 69 heavy (non-hydrogen) atoms. The third-order valence-corrected chi connectivity index (χ3v) is 11.2. The normalized spacial score (nSPS) is 13.9. The van der Waals surface area contributed by atoms with Crippen LogP contribution in [0.15, 0.2) is 40.9 Å². The molecule has 1 N–H and O–H groups in total. The van der Waals surface area contributed by atoms with Gasteiger partial charge in [-0.15, -0.1) is 0 Å². The van der Waals surface area contributed by atoms with E-state index in [9.17, 15) is 4.79 Å². The second-order valence-corrected chi connectivity index (χ2v) is 17.9. The quantitative estimate of drug-likeness (QED) is 0.0494. The molecule has 0 radical (unpaired) electrons. The summed E-state index contributed by atoms with van der Waals surface area (Å²) in [7, 11) is 0. The minimum Gasteiger partial charge on any atom is -0.490 e. The molecule has 2 aromatic carbocycles. The Labute approximate surface area is 412 Å². The molecule has 18 nitrogen and oxygen atoms in total. The van der Waals surface area contributed by atoms with Gasteiger partial charge in [0.05, 0.1) is 141 Å². The summed E-state index contributed by atoms with van der Waals surface area (Å²) in [6.07, 6.45) is 1.08. The van der Waals surface area contributed by atoms with Crippen LogP contribution in [-0.4, -0.2) is 183 Å². The van der Waals surface area contributed by atoms with Gasteiger partial charge >= 0.3 is 6.09 Å². The summed E-state index contributed by atoms with van der Waals surface area (Å²) in [5.41, 5.74) is 5.61. The topological polar surface area (TPSA) is 178 Å². The van der Waals surface area contributed by atoms with Gasteiger partial charge in [-0.1, -0.05) is 28.9 Å². The van der Waals surface area contributed by atoms with Gasteiger partial charge in [0.1, 0.15) is 29.5 Å². The maximum absolute atomic E-state index is 11.6. The first-order chi connectivity index (χ1) is 33.5. The number of morpholine rings is 1. The lowest BCUT2D eigenvalue weighted by molar-refractivity contribution is -0.0235. The number of benzene rings is 2. The van der Waals surface area contributed by atoms with E-state index in [1.54, 1.807) is 0 Å². The van der Waals surface area contributed by atoms with Crippen molar-refractivity contribution in [3.8, 4) is 16.9 Å². The molecule has 19 heteroatoms. The van der Waals surface area contributed by atoms with Crippen LogP contribution in [-0.2, 0) is 66.8 Å². The predicted molar refractivity (Wildman–Crippen MR) is 262 cm³/mol. The summed E-state index contributed by atoms with van der Waals surface area (Å²) in [5, 5.41) is 7.37. The molecule has 2 aromatic heterocycles. The molecule has 5 rings (SSSR count). The van der Waals surface area contributed by atoms with Crippen molar-refractivity contribution in [3.05, 3.63) is 64.3 Å². The molecule has 1 atom stereocenters. The van der Waals surface area contributed by atoms with Gasteiger partial charge in [-0.3, -0.25) is 4.90 Å². The van der Waals surface area contributed by atoms with Crippen LogP contribution in [0, 0.1) is 13.8 Å². The van der Waals surface area contributed by atoms with Crippen molar-refractivity contribution < 1.29 is 61.4 Å². The van der Waals surface area contributed by atoms with Crippen LogP contribution >= 0.6 is 11.6 Å². The summed E-state index contributed by atoms with van der Waals surface area (Å²) in [5.74, 6) is 2.47. The summed E-state index contributed by atoms with van der Waals surface area (Å²) in [6, 6.07) is 12.8. The molecule has 386 valence electrons. The Bertz CT molecular complexity index is 2040. The van der Waals surface area contributed by atoms with Crippen molar-refractivity contribution >= 4 is 28.7 Å². The Hall–Kier alpha value is -3.92. The molecule has 3 heterocycles. The Morgan fingerprint density at radius 3 is 1.81 bits per heavy atom. The maximum Gasteiger partial charge on any atom is 0.407 e.